The number of hydrogen-bond acceptors (Lipinski definition) is 3. The molecule has 0 aromatic rings. The third-order valence-electron chi connectivity index (χ3n) is 1.91. The number of amides is 1. The summed E-state index contributed by atoms with van der Waals surface area (Å²) in [6.07, 6.45) is 0.375. The smallest absolute Gasteiger partial charge is 0.322 e. The van der Waals surface area contributed by atoms with Gasteiger partial charge in [-0.15, -0.1) is 0 Å². The van der Waals surface area contributed by atoms with E-state index in [0.29, 0.717) is 13.0 Å². The Bertz CT molecular complexity index is 205. The second-order valence-electron chi connectivity index (χ2n) is 2.87. The predicted octanol–water partition coefficient (Wildman–Crippen LogP) is -1.11. The van der Waals surface area contributed by atoms with Gasteiger partial charge in [0.15, 0.2) is 0 Å². The summed E-state index contributed by atoms with van der Waals surface area (Å²) in [4.78, 5) is 23.1. The molecule has 0 aromatic carbocycles. The lowest BCUT2D eigenvalue weighted by Crippen LogP contribution is -2.42. The molecule has 1 aliphatic rings. The van der Waals surface area contributed by atoms with Crippen LogP contribution in [0.5, 0.6) is 0 Å². The summed E-state index contributed by atoms with van der Waals surface area (Å²) in [5, 5.41) is 11.4. The van der Waals surface area contributed by atoms with E-state index in [0.717, 1.165) is 0 Å². The second-order valence-corrected chi connectivity index (χ2v) is 2.87. The Morgan fingerprint density at radius 1 is 1.75 bits per heavy atom. The largest absolute Gasteiger partial charge is 0.480 e. The van der Waals surface area contributed by atoms with Crippen LogP contribution in [-0.4, -0.2) is 48.1 Å². The normalized spacial score (nSPS) is 25.2. The Balaban J connectivity index is 2.59. The molecule has 0 spiro atoms. The molecule has 0 bridgehead atoms. The van der Waals surface area contributed by atoms with E-state index in [1.807, 2.05) is 0 Å². The molecule has 5 heteroatoms. The highest BCUT2D eigenvalue weighted by Crippen LogP contribution is 1.99. The standard InChI is InChI=1S/C7H12N2O3/c1-9-4-5(7(11)12)8-3-2-6(9)10/h5,8H,2-4H2,1H3,(H,11,12). The number of carboxylic acids is 1. The van der Waals surface area contributed by atoms with Gasteiger partial charge in [-0.05, 0) is 0 Å². The zero-order valence-electron chi connectivity index (χ0n) is 6.91. The highest BCUT2D eigenvalue weighted by Gasteiger charge is 2.24. The molecule has 1 fully saturated rings. The molecule has 0 radical (unpaired) electrons. The van der Waals surface area contributed by atoms with Gasteiger partial charge >= 0.3 is 5.97 Å². The van der Waals surface area contributed by atoms with Crippen molar-refractivity contribution in [2.45, 2.75) is 12.5 Å². The van der Waals surface area contributed by atoms with Crippen molar-refractivity contribution in [2.24, 2.45) is 0 Å². The molecule has 1 saturated heterocycles. The Labute approximate surface area is 70.4 Å². The fourth-order valence-electron chi connectivity index (χ4n) is 1.15. The number of carbonyl (C=O) groups excluding carboxylic acids is 1. The highest BCUT2D eigenvalue weighted by atomic mass is 16.4. The predicted molar refractivity (Wildman–Crippen MR) is 41.7 cm³/mol. The first kappa shape index (κ1) is 8.99. The zero-order chi connectivity index (χ0) is 9.14. The van der Waals surface area contributed by atoms with Crippen molar-refractivity contribution in [3.8, 4) is 0 Å². The van der Waals surface area contributed by atoms with Gasteiger partial charge in [-0.1, -0.05) is 0 Å². The molecule has 1 rings (SSSR count). The Kier molecular flexibility index (Phi) is 2.65. The molecule has 1 unspecified atom stereocenters. The molecule has 0 aromatic heterocycles. The third kappa shape index (κ3) is 1.94. The van der Waals surface area contributed by atoms with E-state index < -0.39 is 12.0 Å². The van der Waals surface area contributed by atoms with Crippen LogP contribution in [0.15, 0.2) is 0 Å². The third-order valence-corrected chi connectivity index (χ3v) is 1.91. The van der Waals surface area contributed by atoms with Gasteiger partial charge in [0.25, 0.3) is 0 Å². The van der Waals surface area contributed by atoms with E-state index in [1.165, 1.54) is 4.90 Å². The van der Waals surface area contributed by atoms with Gasteiger partial charge in [0.05, 0.1) is 0 Å². The maximum absolute atomic E-state index is 11.1. The highest BCUT2D eigenvalue weighted by molar-refractivity contribution is 5.79. The van der Waals surface area contributed by atoms with Crippen LogP contribution < -0.4 is 5.32 Å². The fourth-order valence-corrected chi connectivity index (χ4v) is 1.15. The fraction of sp³-hybridized carbons (Fsp3) is 0.714. The number of aliphatic carboxylic acids is 1. The number of hydrogen-bond donors (Lipinski definition) is 2. The van der Waals surface area contributed by atoms with Gasteiger partial charge in [-0.2, -0.15) is 0 Å². The van der Waals surface area contributed by atoms with Crippen LogP contribution in [-0.2, 0) is 9.59 Å². The van der Waals surface area contributed by atoms with Crippen molar-refractivity contribution in [1.82, 2.24) is 10.2 Å². The first-order valence-corrected chi connectivity index (χ1v) is 3.81. The lowest BCUT2D eigenvalue weighted by molar-refractivity contribution is -0.140. The molecule has 2 N–H and O–H groups in total. The Morgan fingerprint density at radius 3 is 3.00 bits per heavy atom. The topological polar surface area (TPSA) is 69.6 Å². The number of rotatable bonds is 1. The first-order valence-electron chi connectivity index (χ1n) is 3.81. The minimum atomic E-state index is -0.906. The van der Waals surface area contributed by atoms with E-state index in [4.69, 9.17) is 5.11 Å². The van der Waals surface area contributed by atoms with Crippen LogP contribution in [0.2, 0.25) is 0 Å². The average Bonchev–Trinajstić information content (AvgIpc) is 2.15. The molecule has 68 valence electrons. The van der Waals surface area contributed by atoms with E-state index in [9.17, 15) is 9.59 Å². The summed E-state index contributed by atoms with van der Waals surface area (Å²) in [5.41, 5.74) is 0. The Hall–Kier alpha value is -1.10. The van der Waals surface area contributed by atoms with Crippen molar-refractivity contribution >= 4 is 11.9 Å². The lowest BCUT2D eigenvalue weighted by Gasteiger charge is -2.16. The molecule has 12 heavy (non-hydrogen) atoms. The van der Waals surface area contributed by atoms with Crippen LogP contribution >= 0.6 is 0 Å². The molecule has 5 nitrogen and oxygen atoms in total. The monoisotopic (exact) mass is 172 g/mol. The molecule has 1 amide bonds. The molecular formula is C7H12N2O3. The van der Waals surface area contributed by atoms with Crippen molar-refractivity contribution < 1.29 is 14.7 Å². The average molecular weight is 172 g/mol. The number of carbonyl (C=O) groups is 2. The second kappa shape index (κ2) is 3.53. The van der Waals surface area contributed by atoms with Crippen LogP contribution in [0.1, 0.15) is 6.42 Å². The van der Waals surface area contributed by atoms with Gasteiger partial charge in [-0.3, -0.25) is 9.59 Å². The molecule has 0 saturated carbocycles. The SMILES string of the molecule is CN1CC(C(=O)O)NCCC1=O. The van der Waals surface area contributed by atoms with Crippen molar-refractivity contribution in [1.29, 1.82) is 0 Å². The summed E-state index contributed by atoms with van der Waals surface area (Å²) in [6, 6.07) is -0.624. The van der Waals surface area contributed by atoms with Gasteiger partial charge < -0.3 is 15.3 Å². The summed E-state index contributed by atoms with van der Waals surface area (Å²) >= 11 is 0. The van der Waals surface area contributed by atoms with Gasteiger partial charge in [0.2, 0.25) is 5.91 Å². The van der Waals surface area contributed by atoms with Gasteiger partial charge in [-0.25, -0.2) is 0 Å². The summed E-state index contributed by atoms with van der Waals surface area (Å²) in [7, 11) is 1.62. The van der Waals surface area contributed by atoms with Crippen molar-refractivity contribution in [2.75, 3.05) is 20.1 Å². The lowest BCUT2D eigenvalue weighted by atomic mass is 10.3. The molecule has 1 heterocycles. The van der Waals surface area contributed by atoms with Crippen LogP contribution in [0.3, 0.4) is 0 Å². The summed E-state index contributed by atoms with van der Waals surface area (Å²) in [6.45, 7) is 0.689. The summed E-state index contributed by atoms with van der Waals surface area (Å²) in [5.74, 6) is -0.914. The van der Waals surface area contributed by atoms with Crippen molar-refractivity contribution in [3.63, 3.8) is 0 Å². The number of likely N-dealkylation sites (N-methyl/N-ethyl adjacent to an activating group) is 1. The molecule has 1 atom stereocenters. The number of nitrogens with zero attached hydrogens (tertiary/aromatic N) is 1. The van der Waals surface area contributed by atoms with E-state index in [-0.39, 0.29) is 12.5 Å². The quantitative estimate of drug-likeness (QED) is 0.526. The molecular weight excluding hydrogens is 160 g/mol. The minimum Gasteiger partial charge on any atom is -0.480 e. The van der Waals surface area contributed by atoms with E-state index in [2.05, 4.69) is 5.32 Å². The van der Waals surface area contributed by atoms with E-state index >= 15 is 0 Å². The molecule has 1 aliphatic heterocycles. The molecule has 0 aliphatic carbocycles. The van der Waals surface area contributed by atoms with Crippen LogP contribution in [0.25, 0.3) is 0 Å². The maximum atomic E-state index is 11.1. The van der Waals surface area contributed by atoms with Gasteiger partial charge in [0.1, 0.15) is 6.04 Å². The van der Waals surface area contributed by atoms with Crippen molar-refractivity contribution in [3.05, 3.63) is 0 Å². The zero-order valence-corrected chi connectivity index (χ0v) is 6.91. The number of carboxylic acid groups (broad SMARTS) is 1. The first-order chi connectivity index (χ1) is 5.61. The van der Waals surface area contributed by atoms with Crippen LogP contribution in [0.4, 0.5) is 0 Å². The maximum Gasteiger partial charge on any atom is 0.322 e. The van der Waals surface area contributed by atoms with Gasteiger partial charge in [0, 0.05) is 26.6 Å². The number of nitrogens with one attached hydrogen (secondary N) is 1. The van der Waals surface area contributed by atoms with E-state index in [1.54, 1.807) is 7.05 Å². The minimum absolute atomic E-state index is 0.00810. The summed E-state index contributed by atoms with van der Waals surface area (Å²) < 4.78 is 0. The Morgan fingerprint density at radius 2 is 2.42 bits per heavy atom. The van der Waals surface area contributed by atoms with Crippen LogP contribution in [0, 0.1) is 0 Å².